The normalized spacial score (nSPS) is 21.5. The summed E-state index contributed by atoms with van der Waals surface area (Å²) >= 11 is 0. The van der Waals surface area contributed by atoms with Crippen molar-refractivity contribution in [3.63, 3.8) is 0 Å². The molecule has 260 valence electrons. The number of carbonyl (C=O) groups excluding carboxylic acids is 4. The second kappa shape index (κ2) is 14.1. The molecular formula is C37H47N7O5. The minimum absolute atomic E-state index is 0.0196. The molecule has 2 aromatic carbocycles. The summed E-state index contributed by atoms with van der Waals surface area (Å²) in [5, 5.41) is 10.2. The van der Waals surface area contributed by atoms with Crippen molar-refractivity contribution in [2.75, 3.05) is 39.3 Å². The molecule has 6 rings (SSSR count). The lowest BCUT2D eigenvalue weighted by atomic mass is 9.70. The van der Waals surface area contributed by atoms with Gasteiger partial charge in [-0.25, -0.2) is 0 Å². The Bertz CT molecular complexity index is 1650. The first-order valence-corrected chi connectivity index (χ1v) is 17.1. The average Bonchev–Trinajstić information content (AvgIpc) is 3.39. The van der Waals surface area contributed by atoms with Crippen molar-refractivity contribution in [1.29, 1.82) is 0 Å². The smallest absolute Gasteiger partial charge is 0.257 e. The van der Waals surface area contributed by atoms with E-state index in [0.717, 1.165) is 17.5 Å². The Morgan fingerprint density at radius 1 is 0.959 bits per heavy atom. The van der Waals surface area contributed by atoms with Crippen LogP contribution in [0.15, 0.2) is 73.1 Å². The maximum Gasteiger partial charge on any atom is 0.257 e. The van der Waals surface area contributed by atoms with E-state index in [9.17, 15) is 19.2 Å². The molecule has 12 nitrogen and oxygen atoms in total. The lowest BCUT2D eigenvalue weighted by molar-refractivity contribution is -0.152. The summed E-state index contributed by atoms with van der Waals surface area (Å²) in [5.74, 6) is -1.53. The molecule has 4 atom stereocenters. The first-order valence-electron chi connectivity index (χ1n) is 17.1. The number of aromatic nitrogens is 2. The summed E-state index contributed by atoms with van der Waals surface area (Å²) in [5.41, 5.74) is 7.43. The standard InChI is InChI=1S/C37H47N7O5/c1-25(49-21-27-12-8-5-9-13-27)31(33(46)39-15-14-38)41-32(45)30-20-42(22-37(30)23-43(24-37)35(48)29-16-36(29,2)3)34(47)28-17-40-44(19-28)18-26-10-6-4-7-11-26/h4-13,17,19,25,29-31H,14-16,18,20-24,38H2,1-3H3,(H,39,46)(H,41,45)/t25-,29-,30?,31+/m1/s1. The molecule has 49 heavy (non-hydrogen) atoms. The average molecular weight is 670 g/mol. The molecule has 3 aromatic rings. The van der Waals surface area contributed by atoms with Crippen molar-refractivity contribution in [3.05, 3.63) is 89.7 Å². The Balaban J connectivity index is 1.19. The molecule has 3 fully saturated rings. The molecule has 12 heteroatoms. The van der Waals surface area contributed by atoms with Crippen LogP contribution in [-0.4, -0.2) is 94.6 Å². The molecule has 0 bridgehead atoms. The molecule has 3 aliphatic rings. The highest BCUT2D eigenvalue weighted by atomic mass is 16.5. The first-order chi connectivity index (χ1) is 23.5. The van der Waals surface area contributed by atoms with E-state index in [4.69, 9.17) is 10.5 Å². The van der Waals surface area contributed by atoms with Gasteiger partial charge in [-0.2, -0.15) is 5.10 Å². The predicted octanol–water partition coefficient (Wildman–Crippen LogP) is 2.04. The summed E-state index contributed by atoms with van der Waals surface area (Å²) in [4.78, 5) is 58.3. The van der Waals surface area contributed by atoms with Crippen molar-refractivity contribution in [1.82, 2.24) is 30.2 Å². The van der Waals surface area contributed by atoms with Gasteiger partial charge in [0.15, 0.2) is 0 Å². The van der Waals surface area contributed by atoms with Crippen molar-refractivity contribution in [3.8, 4) is 0 Å². The highest BCUT2D eigenvalue weighted by Gasteiger charge is 2.62. The number of nitrogens with two attached hydrogens (primary N) is 1. The topological polar surface area (TPSA) is 152 Å². The van der Waals surface area contributed by atoms with Gasteiger partial charge in [0, 0.05) is 56.8 Å². The molecule has 4 amide bonds. The number of nitrogens with zero attached hydrogens (tertiary/aromatic N) is 4. The Kier molecular flexibility index (Phi) is 9.89. The number of rotatable bonds is 13. The highest BCUT2D eigenvalue weighted by Crippen LogP contribution is 2.54. The highest BCUT2D eigenvalue weighted by molar-refractivity contribution is 5.96. The molecule has 1 aliphatic carbocycles. The summed E-state index contributed by atoms with van der Waals surface area (Å²) < 4.78 is 7.80. The van der Waals surface area contributed by atoms with E-state index in [2.05, 4.69) is 29.6 Å². The minimum Gasteiger partial charge on any atom is -0.371 e. The Hall–Kier alpha value is -4.55. The lowest BCUT2D eigenvalue weighted by Crippen LogP contribution is -2.65. The minimum atomic E-state index is -0.995. The lowest BCUT2D eigenvalue weighted by Gasteiger charge is -2.50. The SMILES string of the molecule is C[C@@H](OCc1ccccc1)[C@H](NC(=O)C1CN(C(=O)c2cnn(Cc3ccccc3)c2)CC12CN(C(=O)[C@H]1CC1(C)C)C2)C(=O)NCCN. The van der Waals surface area contributed by atoms with Crippen LogP contribution >= 0.6 is 0 Å². The van der Waals surface area contributed by atoms with Gasteiger partial charge in [-0.1, -0.05) is 74.5 Å². The van der Waals surface area contributed by atoms with Crippen molar-refractivity contribution in [2.24, 2.45) is 28.4 Å². The zero-order valence-electron chi connectivity index (χ0n) is 28.5. The van der Waals surface area contributed by atoms with Gasteiger partial charge in [0.25, 0.3) is 5.91 Å². The Morgan fingerprint density at radius 2 is 1.59 bits per heavy atom. The molecule has 1 spiro atoms. The number of carbonyl (C=O) groups is 4. The van der Waals surface area contributed by atoms with Gasteiger partial charge in [0.1, 0.15) is 6.04 Å². The molecule has 1 unspecified atom stereocenters. The van der Waals surface area contributed by atoms with Gasteiger partial charge >= 0.3 is 0 Å². The third kappa shape index (κ3) is 7.55. The predicted molar refractivity (Wildman–Crippen MR) is 183 cm³/mol. The molecule has 1 aromatic heterocycles. The molecular weight excluding hydrogens is 622 g/mol. The van der Waals surface area contributed by atoms with Gasteiger partial charge in [0.2, 0.25) is 17.7 Å². The van der Waals surface area contributed by atoms with E-state index in [-0.39, 0.29) is 55.3 Å². The van der Waals surface area contributed by atoms with Gasteiger partial charge in [-0.05, 0) is 29.9 Å². The van der Waals surface area contributed by atoms with Gasteiger partial charge in [-0.3, -0.25) is 23.9 Å². The summed E-state index contributed by atoms with van der Waals surface area (Å²) in [7, 11) is 0. The second-order valence-corrected chi connectivity index (χ2v) is 14.5. The molecule has 1 saturated carbocycles. The fraction of sp³-hybridized carbons (Fsp3) is 0.486. The zero-order valence-corrected chi connectivity index (χ0v) is 28.5. The summed E-state index contributed by atoms with van der Waals surface area (Å²) in [6.45, 7) is 8.43. The monoisotopic (exact) mass is 669 g/mol. The number of likely N-dealkylation sites (tertiary alicyclic amines) is 2. The van der Waals surface area contributed by atoms with Crippen molar-refractivity contribution < 1.29 is 23.9 Å². The van der Waals surface area contributed by atoms with Crippen LogP contribution in [0, 0.1) is 22.7 Å². The van der Waals surface area contributed by atoms with E-state index in [0.29, 0.717) is 31.7 Å². The molecule has 2 saturated heterocycles. The fourth-order valence-corrected chi connectivity index (χ4v) is 7.15. The largest absolute Gasteiger partial charge is 0.371 e. The van der Waals surface area contributed by atoms with Crippen molar-refractivity contribution >= 4 is 23.6 Å². The van der Waals surface area contributed by atoms with Gasteiger partial charge in [0.05, 0.1) is 36.9 Å². The zero-order chi connectivity index (χ0) is 34.8. The number of nitrogens with one attached hydrogen (secondary N) is 2. The number of benzene rings is 2. The molecule has 3 heterocycles. The molecule has 4 N–H and O–H groups in total. The van der Waals surface area contributed by atoms with Crippen LogP contribution in [0.2, 0.25) is 0 Å². The van der Waals surface area contributed by atoms with E-state index in [1.165, 1.54) is 0 Å². The third-order valence-electron chi connectivity index (χ3n) is 10.3. The maximum atomic E-state index is 14.2. The van der Waals surface area contributed by atoms with Crippen LogP contribution in [0.3, 0.4) is 0 Å². The molecule has 0 radical (unpaired) electrons. The quantitative estimate of drug-likeness (QED) is 0.252. The third-order valence-corrected chi connectivity index (χ3v) is 10.3. The Labute approximate surface area is 287 Å². The number of hydrogen-bond donors (Lipinski definition) is 3. The molecule has 2 aliphatic heterocycles. The fourth-order valence-electron chi connectivity index (χ4n) is 7.15. The first kappa shape index (κ1) is 34.3. The van der Waals surface area contributed by atoms with E-state index >= 15 is 0 Å². The second-order valence-electron chi connectivity index (χ2n) is 14.5. The van der Waals surface area contributed by atoms with Crippen LogP contribution in [0.1, 0.15) is 48.7 Å². The van der Waals surface area contributed by atoms with Crippen LogP contribution in [0.4, 0.5) is 0 Å². The number of ether oxygens (including phenoxy) is 1. The number of amides is 4. The van der Waals surface area contributed by atoms with Crippen LogP contribution in [0.25, 0.3) is 0 Å². The number of hydrogen-bond acceptors (Lipinski definition) is 7. The van der Waals surface area contributed by atoms with Gasteiger partial charge in [-0.15, -0.1) is 0 Å². The van der Waals surface area contributed by atoms with E-state index in [1.54, 1.807) is 28.9 Å². The van der Waals surface area contributed by atoms with Gasteiger partial charge < -0.3 is 30.9 Å². The summed E-state index contributed by atoms with van der Waals surface area (Å²) in [6, 6.07) is 18.5. The van der Waals surface area contributed by atoms with E-state index < -0.39 is 29.4 Å². The summed E-state index contributed by atoms with van der Waals surface area (Å²) in [6.07, 6.45) is 3.46. The maximum absolute atomic E-state index is 14.2. The van der Waals surface area contributed by atoms with Crippen molar-refractivity contribution in [2.45, 2.75) is 52.5 Å². The Morgan fingerprint density at radius 3 is 2.22 bits per heavy atom. The van der Waals surface area contributed by atoms with Crippen LogP contribution < -0.4 is 16.4 Å². The van der Waals surface area contributed by atoms with Crippen LogP contribution in [0.5, 0.6) is 0 Å². The van der Waals surface area contributed by atoms with E-state index in [1.807, 2.05) is 65.6 Å². The van der Waals surface area contributed by atoms with Crippen LogP contribution in [-0.2, 0) is 32.3 Å².